The van der Waals surface area contributed by atoms with Gasteiger partial charge in [0.25, 0.3) is 0 Å². The Balaban J connectivity index is 3.60. The van der Waals surface area contributed by atoms with Gasteiger partial charge in [0, 0.05) is 5.75 Å². The average Bonchev–Trinajstić information content (AvgIpc) is 2.00. The Labute approximate surface area is 85.0 Å². The van der Waals surface area contributed by atoms with E-state index in [1.807, 2.05) is 21.1 Å². The van der Waals surface area contributed by atoms with Crippen LogP contribution in [-0.4, -0.2) is 56.5 Å². The van der Waals surface area contributed by atoms with Crippen molar-refractivity contribution in [1.82, 2.24) is 0 Å². The number of nitrogens with two attached hydrogens (primary N) is 1. The van der Waals surface area contributed by atoms with Crippen molar-refractivity contribution in [2.24, 2.45) is 5.73 Å². The number of thiol groups is 1. The van der Waals surface area contributed by atoms with E-state index in [0.717, 1.165) is 11.0 Å². The number of carbonyl (C=O) groups is 1. The van der Waals surface area contributed by atoms with E-state index in [0.29, 0.717) is 12.4 Å². The summed E-state index contributed by atoms with van der Waals surface area (Å²) in [6.45, 7) is 1.19. The van der Waals surface area contributed by atoms with Gasteiger partial charge in [0.1, 0.15) is 19.2 Å². The van der Waals surface area contributed by atoms with Crippen LogP contribution >= 0.6 is 12.6 Å². The maximum atomic E-state index is 11.1. The summed E-state index contributed by atoms with van der Waals surface area (Å²) >= 11 is 3.90. The monoisotopic (exact) mass is 207 g/mol. The molecule has 0 bridgehead atoms. The molecule has 0 saturated heterocycles. The van der Waals surface area contributed by atoms with E-state index in [-0.39, 0.29) is 5.97 Å². The van der Waals surface area contributed by atoms with Crippen molar-refractivity contribution in [3.8, 4) is 0 Å². The largest absolute Gasteiger partial charge is 0.459 e. The molecule has 2 N–H and O–H groups in total. The zero-order valence-corrected chi connectivity index (χ0v) is 9.38. The molecule has 0 aromatic rings. The van der Waals surface area contributed by atoms with Crippen LogP contribution in [0.3, 0.4) is 0 Å². The third-order valence-electron chi connectivity index (χ3n) is 1.51. The van der Waals surface area contributed by atoms with E-state index >= 15 is 0 Å². The molecule has 5 heteroatoms. The molecule has 0 rings (SSSR count). The van der Waals surface area contributed by atoms with Crippen LogP contribution < -0.4 is 5.73 Å². The topological polar surface area (TPSA) is 52.3 Å². The summed E-state index contributed by atoms with van der Waals surface area (Å²) in [6, 6.07) is -0.601. The van der Waals surface area contributed by atoms with Crippen LogP contribution in [0.4, 0.5) is 0 Å². The quantitative estimate of drug-likeness (QED) is 0.363. The van der Waals surface area contributed by atoms with Gasteiger partial charge >= 0.3 is 5.97 Å². The molecular weight excluding hydrogens is 188 g/mol. The Morgan fingerprint density at radius 2 is 2.08 bits per heavy atom. The molecule has 0 unspecified atom stereocenters. The number of esters is 1. The van der Waals surface area contributed by atoms with Crippen LogP contribution in [0.25, 0.3) is 0 Å². The number of likely N-dealkylation sites (N-methyl/N-ethyl adjacent to an activating group) is 1. The van der Waals surface area contributed by atoms with Gasteiger partial charge in [-0.25, -0.2) is 0 Å². The highest BCUT2D eigenvalue weighted by atomic mass is 32.1. The van der Waals surface area contributed by atoms with Gasteiger partial charge in [0.05, 0.1) is 21.1 Å². The minimum Gasteiger partial charge on any atom is -0.459 e. The van der Waals surface area contributed by atoms with Crippen molar-refractivity contribution in [3.63, 3.8) is 0 Å². The summed E-state index contributed by atoms with van der Waals surface area (Å²) in [4.78, 5) is 11.1. The Morgan fingerprint density at radius 1 is 1.54 bits per heavy atom. The molecule has 0 aliphatic rings. The third-order valence-corrected chi connectivity index (χ3v) is 1.90. The maximum Gasteiger partial charge on any atom is 0.323 e. The van der Waals surface area contributed by atoms with Crippen LogP contribution in [0.2, 0.25) is 0 Å². The summed E-state index contributed by atoms with van der Waals surface area (Å²) in [6.07, 6.45) is 0. The van der Waals surface area contributed by atoms with Gasteiger partial charge < -0.3 is 15.0 Å². The standard InChI is InChI=1S/C8H18N2O2S/c1-10(2,3)4-5-12-8(11)7(9)6-13/h7H,4-6,9H2,1-3H3/p+1/t7-/m1/s1. The van der Waals surface area contributed by atoms with E-state index < -0.39 is 6.04 Å². The molecule has 0 saturated carbocycles. The van der Waals surface area contributed by atoms with Gasteiger partial charge in [0.15, 0.2) is 0 Å². The lowest BCUT2D eigenvalue weighted by molar-refractivity contribution is -0.870. The Morgan fingerprint density at radius 3 is 2.46 bits per heavy atom. The molecular formula is C8H19N2O2S+. The maximum absolute atomic E-state index is 11.1. The first-order chi connectivity index (χ1) is 5.87. The molecule has 0 aliphatic heterocycles. The lowest BCUT2D eigenvalue weighted by Gasteiger charge is -2.23. The molecule has 0 heterocycles. The molecule has 0 amide bonds. The van der Waals surface area contributed by atoms with Gasteiger partial charge in [-0.05, 0) is 0 Å². The predicted molar refractivity (Wildman–Crippen MR) is 55.7 cm³/mol. The van der Waals surface area contributed by atoms with Gasteiger partial charge in [-0.3, -0.25) is 4.79 Å². The molecule has 0 aliphatic carbocycles. The first-order valence-corrected chi connectivity index (χ1v) is 4.83. The summed E-state index contributed by atoms with van der Waals surface area (Å²) in [5.74, 6) is -0.0492. The fraction of sp³-hybridized carbons (Fsp3) is 0.875. The summed E-state index contributed by atoms with van der Waals surface area (Å²) in [5, 5.41) is 0. The van der Waals surface area contributed by atoms with E-state index in [2.05, 4.69) is 12.6 Å². The highest BCUT2D eigenvalue weighted by Crippen LogP contribution is 1.92. The number of carbonyl (C=O) groups excluding carboxylic acids is 1. The number of rotatable bonds is 5. The van der Waals surface area contributed by atoms with E-state index in [1.165, 1.54) is 0 Å². The number of quaternary nitrogens is 1. The normalized spacial score (nSPS) is 13.9. The lowest BCUT2D eigenvalue weighted by atomic mass is 10.4. The Hall–Kier alpha value is -0.260. The summed E-state index contributed by atoms with van der Waals surface area (Å²) in [7, 11) is 6.10. The Kier molecular flexibility index (Phi) is 5.36. The third kappa shape index (κ3) is 6.86. The van der Waals surface area contributed by atoms with Crippen molar-refractivity contribution < 1.29 is 14.0 Å². The molecule has 0 aromatic heterocycles. The predicted octanol–water partition coefficient (Wildman–Crippen LogP) is -0.507. The van der Waals surface area contributed by atoms with E-state index in [4.69, 9.17) is 10.5 Å². The van der Waals surface area contributed by atoms with Crippen LogP contribution in [0.15, 0.2) is 0 Å². The van der Waals surface area contributed by atoms with Gasteiger partial charge in [-0.1, -0.05) is 0 Å². The first-order valence-electron chi connectivity index (χ1n) is 4.20. The second kappa shape index (κ2) is 5.47. The smallest absolute Gasteiger partial charge is 0.323 e. The molecule has 4 nitrogen and oxygen atoms in total. The molecule has 0 spiro atoms. The van der Waals surface area contributed by atoms with Crippen LogP contribution in [0.1, 0.15) is 0 Å². The second-order valence-electron chi connectivity index (χ2n) is 3.97. The average molecular weight is 207 g/mol. The van der Waals surface area contributed by atoms with Gasteiger partial charge in [0.2, 0.25) is 0 Å². The van der Waals surface area contributed by atoms with Crippen molar-refractivity contribution >= 4 is 18.6 Å². The van der Waals surface area contributed by atoms with Crippen LogP contribution in [-0.2, 0) is 9.53 Å². The van der Waals surface area contributed by atoms with Crippen LogP contribution in [0, 0.1) is 0 Å². The van der Waals surface area contributed by atoms with Gasteiger partial charge in [-0.2, -0.15) is 12.6 Å². The molecule has 78 valence electrons. The number of hydrogen-bond acceptors (Lipinski definition) is 4. The van der Waals surface area contributed by atoms with E-state index in [9.17, 15) is 4.79 Å². The molecule has 1 atom stereocenters. The molecule has 0 aromatic carbocycles. The zero-order chi connectivity index (χ0) is 10.5. The molecule has 13 heavy (non-hydrogen) atoms. The number of nitrogens with zero attached hydrogens (tertiary/aromatic N) is 1. The summed E-state index contributed by atoms with van der Waals surface area (Å²) < 4.78 is 5.71. The minimum atomic E-state index is -0.601. The van der Waals surface area contributed by atoms with Crippen molar-refractivity contribution in [2.45, 2.75) is 6.04 Å². The highest BCUT2D eigenvalue weighted by Gasteiger charge is 2.14. The zero-order valence-electron chi connectivity index (χ0n) is 8.49. The Bertz CT molecular complexity index is 168. The summed E-state index contributed by atoms with van der Waals surface area (Å²) in [5.41, 5.74) is 5.41. The fourth-order valence-corrected chi connectivity index (χ4v) is 0.751. The minimum absolute atomic E-state index is 0.323. The first kappa shape index (κ1) is 12.7. The number of ether oxygens (including phenoxy) is 1. The highest BCUT2D eigenvalue weighted by molar-refractivity contribution is 7.80. The second-order valence-corrected chi connectivity index (χ2v) is 4.34. The van der Waals surface area contributed by atoms with Crippen molar-refractivity contribution in [3.05, 3.63) is 0 Å². The number of hydrogen-bond donors (Lipinski definition) is 2. The van der Waals surface area contributed by atoms with E-state index in [1.54, 1.807) is 0 Å². The van der Waals surface area contributed by atoms with Gasteiger partial charge in [-0.15, -0.1) is 0 Å². The van der Waals surface area contributed by atoms with Crippen LogP contribution in [0.5, 0.6) is 0 Å². The molecule has 0 fully saturated rings. The van der Waals surface area contributed by atoms with Crippen molar-refractivity contribution in [2.75, 3.05) is 40.0 Å². The fourth-order valence-electron chi connectivity index (χ4n) is 0.602. The van der Waals surface area contributed by atoms with Crippen molar-refractivity contribution in [1.29, 1.82) is 0 Å². The SMILES string of the molecule is C[N+](C)(C)CCOC(=O)[C@H](N)CS. The lowest BCUT2D eigenvalue weighted by Crippen LogP contribution is -2.40. The molecule has 0 radical (unpaired) electrons.